The van der Waals surface area contributed by atoms with Gasteiger partial charge < -0.3 is 5.32 Å². The molecule has 1 aromatic rings. The first kappa shape index (κ1) is 10.5. The molecule has 1 N–H and O–H groups in total. The van der Waals surface area contributed by atoms with E-state index in [9.17, 15) is 0 Å². The lowest BCUT2D eigenvalue weighted by Gasteiger charge is -2.21. The molecule has 16 heavy (non-hydrogen) atoms. The van der Waals surface area contributed by atoms with E-state index in [-0.39, 0.29) is 0 Å². The summed E-state index contributed by atoms with van der Waals surface area (Å²) in [5, 5.41) is 3.45. The van der Waals surface area contributed by atoms with E-state index in [4.69, 9.17) is 0 Å². The Labute approximate surface area is 100 Å². The molecule has 3 rings (SSSR count). The lowest BCUT2D eigenvalue weighted by Crippen LogP contribution is -2.31. The van der Waals surface area contributed by atoms with Crippen LogP contribution in [0, 0.1) is 5.92 Å². The van der Waals surface area contributed by atoms with Crippen molar-refractivity contribution in [3.05, 3.63) is 23.3 Å². The third-order valence-corrected chi connectivity index (χ3v) is 4.36. The van der Waals surface area contributed by atoms with Crippen molar-refractivity contribution in [3.63, 3.8) is 0 Å². The van der Waals surface area contributed by atoms with Crippen LogP contribution < -0.4 is 5.32 Å². The third kappa shape index (κ3) is 2.23. The molecule has 0 aromatic carbocycles. The first-order chi connectivity index (χ1) is 7.92. The van der Waals surface area contributed by atoms with Gasteiger partial charge in [0.05, 0.1) is 5.69 Å². The van der Waals surface area contributed by atoms with Crippen molar-refractivity contribution in [2.75, 3.05) is 13.1 Å². The molecule has 2 aliphatic rings. The molecule has 0 amide bonds. The molecule has 4 heteroatoms. The maximum Gasteiger partial charge on any atom is 0.128 e. The molecule has 1 fully saturated rings. The molecule has 0 radical (unpaired) electrons. The van der Waals surface area contributed by atoms with Crippen molar-refractivity contribution in [2.24, 2.45) is 5.92 Å². The molecule has 2 aliphatic heterocycles. The van der Waals surface area contributed by atoms with Crippen LogP contribution in [0.2, 0.25) is 0 Å². The molecule has 86 valence electrons. The van der Waals surface area contributed by atoms with Crippen molar-refractivity contribution >= 4 is 11.8 Å². The van der Waals surface area contributed by atoms with Crippen molar-refractivity contribution in [1.29, 1.82) is 0 Å². The standard InChI is InChI=1S/C12H17N3S/c1-2-9(5-13-3-1)4-12-14-6-10-7-16-8-11(10)15-12/h6,9,13H,1-5,7-8H2. The van der Waals surface area contributed by atoms with Crippen LogP contribution in [0.4, 0.5) is 0 Å². The van der Waals surface area contributed by atoms with E-state index in [1.54, 1.807) is 0 Å². The average Bonchev–Trinajstić information content (AvgIpc) is 2.77. The summed E-state index contributed by atoms with van der Waals surface area (Å²) in [4.78, 5) is 9.18. The number of piperidine rings is 1. The smallest absolute Gasteiger partial charge is 0.128 e. The molecule has 0 aliphatic carbocycles. The lowest BCUT2D eigenvalue weighted by molar-refractivity contribution is 0.370. The number of aromatic nitrogens is 2. The van der Waals surface area contributed by atoms with Crippen LogP contribution >= 0.6 is 11.8 Å². The highest BCUT2D eigenvalue weighted by molar-refractivity contribution is 7.98. The summed E-state index contributed by atoms with van der Waals surface area (Å²) in [6.07, 6.45) is 5.70. The molecule has 3 nitrogen and oxygen atoms in total. The van der Waals surface area contributed by atoms with E-state index < -0.39 is 0 Å². The Bertz CT molecular complexity index is 375. The lowest BCUT2D eigenvalue weighted by atomic mass is 9.96. The number of nitrogens with zero attached hydrogens (tertiary/aromatic N) is 2. The quantitative estimate of drug-likeness (QED) is 0.847. The van der Waals surface area contributed by atoms with E-state index in [2.05, 4.69) is 15.3 Å². The SMILES string of the molecule is c1nc(CC2CCCNC2)nc2c1CSC2. The number of rotatable bonds is 2. The fourth-order valence-corrected chi connectivity index (χ4v) is 3.45. The van der Waals surface area contributed by atoms with Crippen LogP contribution in [-0.2, 0) is 17.9 Å². The summed E-state index contributed by atoms with van der Waals surface area (Å²) >= 11 is 1.94. The molecule has 1 saturated heterocycles. The van der Waals surface area contributed by atoms with Crippen molar-refractivity contribution in [3.8, 4) is 0 Å². The largest absolute Gasteiger partial charge is 0.316 e. The predicted molar refractivity (Wildman–Crippen MR) is 66.3 cm³/mol. The van der Waals surface area contributed by atoms with Gasteiger partial charge in [0.1, 0.15) is 5.82 Å². The monoisotopic (exact) mass is 235 g/mol. The number of hydrogen-bond acceptors (Lipinski definition) is 4. The number of thioether (sulfide) groups is 1. The van der Waals surface area contributed by atoms with Crippen molar-refractivity contribution < 1.29 is 0 Å². The number of nitrogens with one attached hydrogen (secondary N) is 1. The minimum atomic E-state index is 0.737. The van der Waals surface area contributed by atoms with Crippen molar-refractivity contribution in [1.82, 2.24) is 15.3 Å². The second kappa shape index (κ2) is 4.72. The summed E-state index contributed by atoms with van der Waals surface area (Å²) in [6.45, 7) is 2.31. The van der Waals surface area contributed by atoms with Gasteiger partial charge in [0.15, 0.2) is 0 Å². The summed E-state index contributed by atoms with van der Waals surface area (Å²) in [5.74, 6) is 3.96. The molecule has 1 aromatic heterocycles. The summed E-state index contributed by atoms with van der Waals surface area (Å²) < 4.78 is 0. The Morgan fingerprint density at radius 3 is 3.31 bits per heavy atom. The fraction of sp³-hybridized carbons (Fsp3) is 0.667. The maximum absolute atomic E-state index is 4.69. The van der Waals surface area contributed by atoms with Gasteiger partial charge in [0, 0.05) is 29.7 Å². The number of fused-ring (bicyclic) bond motifs is 1. The highest BCUT2D eigenvalue weighted by atomic mass is 32.2. The zero-order valence-electron chi connectivity index (χ0n) is 9.41. The van der Waals surface area contributed by atoms with Gasteiger partial charge in [-0.1, -0.05) is 0 Å². The zero-order valence-corrected chi connectivity index (χ0v) is 10.2. The summed E-state index contributed by atoms with van der Waals surface area (Å²) in [7, 11) is 0. The van der Waals surface area contributed by atoms with Crippen LogP contribution in [0.15, 0.2) is 6.20 Å². The molecule has 1 atom stereocenters. The van der Waals surface area contributed by atoms with Gasteiger partial charge in [-0.15, -0.1) is 0 Å². The van der Waals surface area contributed by atoms with Gasteiger partial charge in [-0.3, -0.25) is 0 Å². The van der Waals surface area contributed by atoms with Gasteiger partial charge in [0.25, 0.3) is 0 Å². The number of hydrogen-bond donors (Lipinski definition) is 1. The second-order valence-corrected chi connectivity index (χ2v) is 5.65. The Kier molecular flexibility index (Phi) is 3.11. The molecular weight excluding hydrogens is 218 g/mol. The van der Waals surface area contributed by atoms with Gasteiger partial charge in [-0.2, -0.15) is 11.8 Å². The van der Waals surface area contributed by atoms with Gasteiger partial charge in [-0.25, -0.2) is 9.97 Å². The summed E-state index contributed by atoms with van der Waals surface area (Å²) in [5.41, 5.74) is 2.62. The average molecular weight is 235 g/mol. The van der Waals surface area contributed by atoms with E-state index in [1.165, 1.54) is 30.6 Å². The van der Waals surface area contributed by atoms with Gasteiger partial charge >= 0.3 is 0 Å². The summed E-state index contributed by atoms with van der Waals surface area (Å²) in [6, 6.07) is 0. The van der Waals surface area contributed by atoms with Gasteiger partial charge in [-0.05, 0) is 31.8 Å². The van der Waals surface area contributed by atoms with Crippen LogP contribution in [0.25, 0.3) is 0 Å². The van der Waals surface area contributed by atoms with E-state index in [0.29, 0.717) is 0 Å². The van der Waals surface area contributed by atoms with Crippen LogP contribution in [0.1, 0.15) is 29.9 Å². The van der Waals surface area contributed by atoms with Crippen molar-refractivity contribution in [2.45, 2.75) is 30.8 Å². The molecular formula is C12H17N3S. The van der Waals surface area contributed by atoms with E-state index in [0.717, 1.165) is 36.2 Å². The minimum absolute atomic E-state index is 0.737. The Morgan fingerprint density at radius 1 is 1.44 bits per heavy atom. The maximum atomic E-state index is 4.69. The van der Waals surface area contributed by atoms with Crippen LogP contribution in [-0.4, -0.2) is 23.1 Å². The normalized spacial score (nSPS) is 24.4. The first-order valence-corrected chi connectivity index (χ1v) is 7.19. The Morgan fingerprint density at radius 2 is 2.44 bits per heavy atom. The second-order valence-electron chi connectivity index (χ2n) is 4.67. The molecule has 1 unspecified atom stereocenters. The van der Waals surface area contributed by atoms with E-state index >= 15 is 0 Å². The van der Waals surface area contributed by atoms with Crippen LogP contribution in [0.5, 0.6) is 0 Å². The zero-order chi connectivity index (χ0) is 10.8. The highest BCUT2D eigenvalue weighted by Crippen LogP contribution is 2.27. The third-order valence-electron chi connectivity index (χ3n) is 3.37. The first-order valence-electron chi connectivity index (χ1n) is 6.04. The highest BCUT2D eigenvalue weighted by Gasteiger charge is 2.17. The van der Waals surface area contributed by atoms with Crippen LogP contribution in [0.3, 0.4) is 0 Å². The minimum Gasteiger partial charge on any atom is -0.316 e. The molecule has 3 heterocycles. The Balaban J connectivity index is 1.69. The Hall–Kier alpha value is -0.610. The van der Waals surface area contributed by atoms with E-state index in [1.807, 2.05) is 18.0 Å². The predicted octanol–water partition coefficient (Wildman–Crippen LogP) is 1.77. The molecule has 0 saturated carbocycles. The molecule has 0 bridgehead atoms. The molecule has 0 spiro atoms. The fourth-order valence-electron chi connectivity index (χ4n) is 2.44. The van der Waals surface area contributed by atoms with Gasteiger partial charge in [0.2, 0.25) is 0 Å². The topological polar surface area (TPSA) is 37.8 Å².